The number of benzene rings is 2. The monoisotopic (exact) mass is 359 g/mol. The van der Waals surface area contributed by atoms with Gasteiger partial charge in [-0.1, -0.05) is 30.3 Å². The maximum atomic E-state index is 12.7. The van der Waals surface area contributed by atoms with Gasteiger partial charge in [0.15, 0.2) is 5.78 Å². The number of rotatable bonds is 4. The molecular weight excluding hydrogens is 341 g/mol. The predicted molar refractivity (Wildman–Crippen MR) is 95.9 cm³/mol. The molecule has 0 aliphatic carbocycles. The van der Waals surface area contributed by atoms with Crippen LogP contribution in [-0.4, -0.2) is 18.0 Å². The number of ether oxygens (including phenoxy) is 1. The zero-order valence-electron chi connectivity index (χ0n) is 13.8. The van der Waals surface area contributed by atoms with Crippen LogP contribution < -0.4 is 15.3 Å². The van der Waals surface area contributed by atoms with Crippen molar-refractivity contribution < 1.29 is 18.9 Å². The van der Waals surface area contributed by atoms with Gasteiger partial charge in [-0.15, -0.1) is 0 Å². The Kier molecular flexibility index (Phi) is 4.51. The molecule has 2 aromatic carbocycles. The maximum absolute atomic E-state index is 12.7. The average Bonchev–Trinajstić information content (AvgIpc) is 2.88. The number of ketones is 1. The Balaban J connectivity index is 1.78. The summed E-state index contributed by atoms with van der Waals surface area (Å²) in [5, 5.41) is 7.79. The Morgan fingerprint density at radius 3 is 2.36 bits per heavy atom. The lowest BCUT2D eigenvalue weighted by Crippen LogP contribution is -2.27. The third-order valence-electron chi connectivity index (χ3n) is 3.47. The SMILES string of the molecule is CC(C)OC(=O)NP1(=O)Nc2ccc(C(=O)c3ccccc3)cc2N1. The number of anilines is 2. The number of carbonyl (C=O) groups excluding carboxylic acids is 2. The van der Waals surface area contributed by atoms with Gasteiger partial charge in [0, 0.05) is 11.1 Å². The molecule has 0 radical (unpaired) electrons. The second-order valence-electron chi connectivity index (χ2n) is 5.85. The molecule has 1 atom stereocenters. The first-order valence-corrected chi connectivity index (χ1v) is 9.46. The van der Waals surface area contributed by atoms with Gasteiger partial charge in [-0.2, -0.15) is 0 Å². The first-order chi connectivity index (χ1) is 11.9. The van der Waals surface area contributed by atoms with Crippen LogP contribution in [0.25, 0.3) is 0 Å². The molecule has 1 aliphatic rings. The zero-order valence-corrected chi connectivity index (χ0v) is 14.7. The third-order valence-corrected chi connectivity index (χ3v) is 5.07. The molecule has 0 fully saturated rings. The first kappa shape index (κ1) is 17.0. The predicted octanol–water partition coefficient (Wildman–Crippen LogP) is 4.00. The molecule has 8 heteroatoms. The summed E-state index contributed by atoms with van der Waals surface area (Å²) in [4.78, 5) is 24.2. The van der Waals surface area contributed by atoms with E-state index >= 15 is 0 Å². The Bertz CT molecular complexity index is 867. The van der Waals surface area contributed by atoms with Gasteiger partial charge in [0.2, 0.25) is 0 Å². The van der Waals surface area contributed by atoms with Gasteiger partial charge in [-0.25, -0.2) is 9.88 Å². The van der Waals surface area contributed by atoms with Gasteiger partial charge >= 0.3 is 13.7 Å². The fourth-order valence-corrected chi connectivity index (χ4v) is 3.96. The van der Waals surface area contributed by atoms with Gasteiger partial charge in [0.05, 0.1) is 17.5 Å². The fraction of sp³-hybridized carbons (Fsp3) is 0.176. The minimum atomic E-state index is -3.42. The summed E-state index contributed by atoms with van der Waals surface area (Å²) in [5.41, 5.74) is 2.04. The number of hydrogen-bond donors (Lipinski definition) is 3. The van der Waals surface area contributed by atoms with Crippen molar-refractivity contribution in [1.29, 1.82) is 0 Å². The van der Waals surface area contributed by atoms with Crippen LogP contribution in [0.2, 0.25) is 0 Å². The van der Waals surface area contributed by atoms with Gasteiger partial charge in [-0.05, 0) is 32.0 Å². The summed E-state index contributed by atoms with van der Waals surface area (Å²) >= 11 is 0. The molecule has 7 nitrogen and oxygen atoms in total. The van der Waals surface area contributed by atoms with E-state index in [0.717, 1.165) is 0 Å². The molecule has 3 N–H and O–H groups in total. The second kappa shape index (κ2) is 6.61. The zero-order chi connectivity index (χ0) is 18.0. The van der Waals surface area contributed by atoms with Crippen molar-refractivity contribution in [2.75, 3.05) is 10.2 Å². The summed E-state index contributed by atoms with van der Waals surface area (Å²) in [6.45, 7) is 3.39. The normalized spacial score (nSPS) is 18.0. The molecule has 1 aliphatic heterocycles. The van der Waals surface area contributed by atoms with Crippen LogP contribution >= 0.6 is 7.59 Å². The van der Waals surface area contributed by atoms with E-state index in [1.807, 2.05) is 6.07 Å². The van der Waals surface area contributed by atoms with Crippen molar-refractivity contribution in [1.82, 2.24) is 5.09 Å². The van der Waals surface area contributed by atoms with Gasteiger partial charge in [0.25, 0.3) is 0 Å². The van der Waals surface area contributed by atoms with Crippen LogP contribution in [0, 0.1) is 0 Å². The Hall–Kier alpha value is -2.79. The first-order valence-electron chi connectivity index (χ1n) is 7.75. The molecule has 1 heterocycles. The van der Waals surface area contributed by atoms with E-state index < -0.39 is 13.7 Å². The highest BCUT2D eigenvalue weighted by atomic mass is 31.2. The smallest absolute Gasteiger partial charge is 0.415 e. The topological polar surface area (TPSA) is 96.5 Å². The molecule has 1 unspecified atom stereocenters. The lowest BCUT2D eigenvalue weighted by atomic mass is 10.0. The van der Waals surface area contributed by atoms with Gasteiger partial charge in [0.1, 0.15) is 0 Å². The highest BCUT2D eigenvalue weighted by molar-refractivity contribution is 7.66. The van der Waals surface area contributed by atoms with Gasteiger partial charge < -0.3 is 14.9 Å². The van der Waals surface area contributed by atoms with E-state index in [4.69, 9.17) is 4.74 Å². The Labute approximate surface area is 145 Å². The molecule has 0 aromatic heterocycles. The largest absolute Gasteiger partial charge is 0.447 e. The molecule has 0 saturated heterocycles. The van der Waals surface area contributed by atoms with E-state index in [2.05, 4.69) is 15.3 Å². The standard InChI is InChI=1S/C17H18N3O4P/c1-11(2)24-17(22)20-25(23)18-14-9-8-13(10-15(14)19-25)16(21)12-6-4-3-5-7-12/h3-11H,1-2H3,(H3,18,19,20,22,23). The Morgan fingerprint density at radius 2 is 1.68 bits per heavy atom. The third kappa shape index (κ3) is 3.83. The van der Waals surface area contributed by atoms with E-state index in [-0.39, 0.29) is 11.9 Å². The van der Waals surface area contributed by atoms with E-state index in [1.54, 1.807) is 56.3 Å². The summed E-state index contributed by atoms with van der Waals surface area (Å²) < 4.78 is 17.6. The molecule has 2 aromatic rings. The number of fused-ring (bicyclic) bond motifs is 1. The van der Waals surface area contributed by atoms with Crippen LogP contribution in [0.5, 0.6) is 0 Å². The van der Waals surface area contributed by atoms with Crippen molar-refractivity contribution in [3.8, 4) is 0 Å². The summed E-state index contributed by atoms with van der Waals surface area (Å²) in [6.07, 6.45) is -1.11. The van der Waals surface area contributed by atoms with Crippen molar-refractivity contribution in [2.24, 2.45) is 0 Å². The molecule has 0 saturated carbocycles. The van der Waals surface area contributed by atoms with Crippen molar-refractivity contribution in [3.63, 3.8) is 0 Å². The molecular formula is C17H18N3O4P. The molecule has 3 rings (SSSR count). The molecule has 1 amide bonds. The van der Waals surface area contributed by atoms with E-state index in [0.29, 0.717) is 22.5 Å². The fourth-order valence-electron chi connectivity index (χ4n) is 2.42. The molecule has 0 spiro atoms. The molecule has 130 valence electrons. The lowest BCUT2D eigenvalue weighted by Gasteiger charge is -2.15. The van der Waals surface area contributed by atoms with Crippen molar-refractivity contribution >= 4 is 30.8 Å². The summed E-state index contributed by atoms with van der Waals surface area (Å²) in [7, 11) is -3.42. The van der Waals surface area contributed by atoms with Crippen molar-refractivity contribution in [3.05, 3.63) is 59.7 Å². The molecule has 25 heavy (non-hydrogen) atoms. The number of amides is 1. The maximum Gasteiger partial charge on any atom is 0.415 e. The van der Waals surface area contributed by atoms with Crippen LogP contribution in [0.15, 0.2) is 48.5 Å². The van der Waals surface area contributed by atoms with Crippen LogP contribution in [0.1, 0.15) is 29.8 Å². The highest BCUT2D eigenvalue weighted by Crippen LogP contribution is 2.51. The summed E-state index contributed by atoms with van der Waals surface area (Å²) in [5.74, 6) is -0.140. The number of carbonyl (C=O) groups is 2. The number of hydrogen-bond acceptors (Lipinski definition) is 4. The summed E-state index contributed by atoms with van der Waals surface area (Å²) in [6, 6.07) is 13.8. The average molecular weight is 359 g/mol. The Morgan fingerprint density at radius 1 is 1.00 bits per heavy atom. The lowest BCUT2D eigenvalue weighted by molar-refractivity contribution is 0.103. The minimum absolute atomic E-state index is 0.140. The van der Waals surface area contributed by atoms with Crippen LogP contribution in [0.4, 0.5) is 16.2 Å². The van der Waals surface area contributed by atoms with Gasteiger partial charge in [-0.3, -0.25) is 9.36 Å². The second-order valence-corrected chi connectivity index (χ2v) is 7.74. The highest BCUT2D eigenvalue weighted by Gasteiger charge is 2.33. The minimum Gasteiger partial charge on any atom is -0.447 e. The van der Waals surface area contributed by atoms with Crippen LogP contribution in [0.3, 0.4) is 0 Å². The van der Waals surface area contributed by atoms with E-state index in [1.165, 1.54) is 0 Å². The van der Waals surface area contributed by atoms with Crippen LogP contribution in [-0.2, 0) is 9.30 Å². The quantitative estimate of drug-likeness (QED) is 0.564. The number of nitrogens with one attached hydrogen (secondary N) is 3. The molecule has 0 bridgehead atoms. The van der Waals surface area contributed by atoms with Crippen molar-refractivity contribution in [2.45, 2.75) is 20.0 Å². The van der Waals surface area contributed by atoms with E-state index in [9.17, 15) is 14.2 Å².